The highest BCUT2D eigenvalue weighted by molar-refractivity contribution is 7.17. The van der Waals surface area contributed by atoms with Crippen LogP contribution in [0.3, 0.4) is 0 Å². The lowest BCUT2D eigenvalue weighted by Crippen LogP contribution is -2.31. The van der Waals surface area contributed by atoms with E-state index in [1.807, 2.05) is 35.7 Å². The molecule has 0 spiro atoms. The van der Waals surface area contributed by atoms with Gasteiger partial charge in [-0.1, -0.05) is 54.6 Å². The van der Waals surface area contributed by atoms with Gasteiger partial charge in [-0.2, -0.15) is 5.26 Å². The number of thiophene rings is 1. The molecule has 0 saturated carbocycles. The minimum Gasteiger partial charge on any atom is -0.303 e. The smallest absolute Gasteiger partial charge is 0.263 e. The maximum Gasteiger partial charge on any atom is 0.263 e. The molecule has 0 radical (unpaired) electrons. The average Bonchev–Trinajstić information content (AvgIpc) is 3.24. The van der Waals surface area contributed by atoms with Crippen molar-refractivity contribution in [3.8, 4) is 17.2 Å². The number of fused-ring (bicyclic) bond motifs is 2. The van der Waals surface area contributed by atoms with Crippen LogP contribution in [0.15, 0.2) is 64.8 Å². The Kier molecular flexibility index (Phi) is 5.37. The fourth-order valence-corrected chi connectivity index (χ4v) is 5.40. The quantitative estimate of drug-likeness (QED) is 0.497. The van der Waals surface area contributed by atoms with E-state index in [-0.39, 0.29) is 18.1 Å². The number of nitriles is 1. The Hall–Kier alpha value is -3.27. The third-order valence-electron chi connectivity index (χ3n) is 5.96. The molecular weight excluding hydrogens is 404 g/mol. The van der Waals surface area contributed by atoms with Crippen molar-refractivity contribution in [2.75, 3.05) is 0 Å². The summed E-state index contributed by atoms with van der Waals surface area (Å²) in [6, 6.07) is 20.8. The summed E-state index contributed by atoms with van der Waals surface area (Å²) in [6.45, 7) is 0.439. The summed E-state index contributed by atoms with van der Waals surface area (Å²) in [6.07, 6.45) is 3.30. The molecule has 5 nitrogen and oxygen atoms in total. The molecule has 0 saturated heterocycles. The molecule has 0 amide bonds. The molecule has 31 heavy (non-hydrogen) atoms. The summed E-state index contributed by atoms with van der Waals surface area (Å²) in [5, 5.41) is 15.5. The van der Waals surface area contributed by atoms with Crippen molar-refractivity contribution >= 4 is 21.6 Å². The minimum atomic E-state index is -0.146. The van der Waals surface area contributed by atoms with Gasteiger partial charge in [0.2, 0.25) is 0 Å². The zero-order valence-electron chi connectivity index (χ0n) is 17.0. The van der Waals surface area contributed by atoms with E-state index >= 15 is 0 Å². The van der Waals surface area contributed by atoms with E-state index in [9.17, 15) is 10.1 Å². The normalized spacial score (nSPS) is 15.5. The van der Waals surface area contributed by atoms with Crippen molar-refractivity contribution in [1.82, 2.24) is 14.9 Å². The first-order valence-electron chi connectivity index (χ1n) is 10.5. The second-order valence-electron chi connectivity index (χ2n) is 7.80. The Morgan fingerprint density at radius 3 is 2.81 bits per heavy atom. The molecule has 1 aliphatic rings. The van der Waals surface area contributed by atoms with Crippen LogP contribution in [0.1, 0.15) is 35.8 Å². The molecule has 0 fully saturated rings. The molecule has 0 aliphatic heterocycles. The Morgan fingerprint density at radius 2 is 1.97 bits per heavy atom. The van der Waals surface area contributed by atoms with Crippen molar-refractivity contribution in [2.45, 2.75) is 38.4 Å². The van der Waals surface area contributed by atoms with Gasteiger partial charge >= 0.3 is 0 Å². The van der Waals surface area contributed by atoms with Crippen LogP contribution in [-0.4, -0.2) is 9.55 Å². The van der Waals surface area contributed by atoms with E-state index in [1.165, 1.54) is 27.0 Å². The molecule has 6 heteroatoms. The third-order valence-corrected chi connectivity index (χ3v) is 6.83. The van der Waals surface area contributed by atoms with Crippen molar-refractivity contribution in [3.63, 3.8) is 0 Å². The van der Waals surface area contributed by atoms with Gasteiger partial charge in [0.15, 0.2) is 0 Å². The van der Waals surface area contributed by atoms with Gasteiger partial charge < -0.3 is 5.32 Å². The molecular formula is C25H22N4OS. The van der Waals surface area contributed by atoms with Crippen molar-refractivity contribution in [2.24, 2.45) is 0 Å². The summed E-state index contributed by atoms with van der Waals surface area (Å²) in [7, 11) is 0. The zero-order chi connectivity index (χ0) is 21.2. The Bertz CT molecular complexity index is 1330. The predicted octanol–water partition coefficient (Wildman–Crippen LogP) is 4.82. The van der Waals surface area contributed by atoms with Gasteiger partial charge in [-0.05, 0) is 36.0 Å². The lowest BCUT2D eigenvalue weighted by Gasteiger charge is -2.26. The zero-order valence-corrected chi connectivity index (χ0v) is 17.9. The van der Waals surface area contributed by atoms with Crippen LogP contribution in [0.2, 0.25) is 0 Å². The number of hydrogen-bond acceptors (Lipinski definition) is 5. The van der Waals surface area contributed by atoms with E-state index in [0.29, 0.717) is 17.8 Å². The second-order valence-corrected chi connectivity index (χ2v) is 8.66. The average molecular weight is 427 g/mol. The molecule has 2 heterocycles. The van der Waals surface area contributed by atoms with E-state index in [1.54, 1.807) is 0 Å². The lowest BCUT2D eigenvalue weighted by atomic mass is 9.88. The number of aromatic nitrogens is 2. The van der Waals surface area contributed by atoms with Crippen molar-refractivity contribution in [1.29, 1.82) is 5.26 Å². The molecule has 1 N–H and O–H groups in total. The van der Waals surface area contributed by atoms with Gasteiger partial charge in [0.1, 0.15) is 17.2 Å². The molecule has 0 bridgehead atoms. The van der Waals surface area contributed by atoms with Crippen molar-refractivity contribution < 1.29 is 0 Å². The van der Waals surface area contributed by atoms with Gasteiger partial charge in [0.25, 0.3) is 5.56 Å². The number of nitrogens with one attached hydrogen (secondary N) is 1. The molecule has 4 aromatic rings. The SMILES string of the molecule is N#CCn1c(CN[C@H]2CCCc3ccccc32)nc2scc(-c3ccccc3)c2c1=O. The number of aryl methyl sites for hydroxylation is 1. The van der Waals surface area contributed by atoms with Gasteiger partial charge in [-0.3, -0.25) is 9.36 Å². The summed E-state index contributed by atoms with van der Waals surface area (Å²) in [5.41, 5.74) is 4.43. The van der Waals surface area contributed by atoms with Gasteiger partial charge in [-0.15, -0.1) is 11.3 Å². The second kappa shape index (κ2) is 8.46. The topological polar surface area (TPSA) is 70.7 Å². The number of benzene rings is 2. The first kappa shape index (κ1) is 19.7. The van der Waals surface area contributed by atoms with Crippen LogP contribution in [0, 0.1) is 11.3 Å². The fraction of sp³-hybridized carbons (Fsp3) is 0.240. The van der Waals surface area contributed by atoms with E-state index in [4.69, 9.17) is 4.98 Å². The van der Waals surface area contributed by atoms with E-state index < -0.39 is 0 Å². The molecule has 0 unspecified atom stereocenters. The summed E-state index contributed by atoms with van der Waals surface area (Å²) in [5.74, 6) is 0.614. The Morgan fingerprint density at radius 1 is 1.16 bits per heavy atom. The van der Waals surface area contributed by atoms with Crippen molar-refractivity contribution in [3.05, 3.63) is 87.3 Å². The van der Waals surface area contributed by atoms with Crippen LogP contribution in [-0.2, 0) is 19.5 Å². The first-order chi connectivity index (χ1) is 15.3. The maximum atomic E-state index is 13.4. The fourth-order valence-electron chi connectivity index (χ4n) is 4.45. The summed E-state index contributed by atoms with van der Waals surface area (Å²) < 4.78 is 1.52. The highest BCUT2D eigenvalue weighted by atomic mass is 32.1. The minimum absolute atomic E-state index is 0.00980. The van der Waals surface area contributed by atoms with Crippen LogP contribution in [0.25, 0.3) is 21.3 Å². The van der Waals surface area contributed by atoms with E-state index in [0.717, 1.165) is 35.2 Å². The number of rotatable bonds is 5. The highest BCUT2D eigenvalue weighted by Gasteiger charge is 2.21. The Balaban J connectivity index is 1.52. The molecule has 2 aromatic carbocycles. The number of hydrogen-bond donors (Lipinski definition) is 1. The molecule has 1 aliphatic carbocycles. The third kappa shape index (κ3) is 3.67. The molecule has 2 aromatic heterocycles. The van der Waals surface area contributed by atoms with Gasteiger partial charge in [-0.25, -0.2) is 4.98 Å². The first-order valence-corrected chi connectivity index (χ1v) is 11.4. The van der Waals surface area contributed by atoms with Gasteiger partial charge in [0.05, 0.1) is 18.0 Å². The van der Waals surface area contributed by atoms with Crippen LogP contribution < -0.4 is 10.9 Å². The monoisotopic (exact) mass is 426 g/mol. The highest BCUT2D eigenvalue weighted by Crippen LogP contribution is 2.32. The summed E-state index contributed by atoms with van der Waals surface area (Å²) in [4.78, 5) is 18.9. The van der Waals surface area contributed by atoms with Crippen LogP contribution in [0.5, 0.6) is 0 Å². The summed E-state index contributed by atoms with van der Waals surface area (Å²) >= 11 is 1.48. The van der Waals surface area contributed by atoms with E-state index in [2.05, 4.69) is 35.7 Å². The largest absolute Gasteiger partial charge is 0.303 e. The maximum absolute atomic E-state index is 13.4. The lowest BCUT2D eigenvalue weighted by molar-refractivity contribution is 0.446. The molecule has 154 valence electrons. The predicted molar refractivity (Wildman–Crippen MR) is 124 cm³/mol. The van der Waals surface area contributed by atoms with Crippen LogP contribution in [0.4, 0.5) is 0 Å². The molecule has 5 rings (SSSR count). The standard InChI is InChI=1S/C25H22N4OS/c26-13-14-29-22(15-27-21-12-6-10-17-9-4-5-11-19(17)21)28-24-23(25(29)30)20(16-31-24)18-7-2-1-3-8-18/h1-5,7-9,11,16,21,27H,6,10,12,14-15H2/t21-/m0/s1. The van der Waals surface area contributed by atoms with Crippen LogP contribution >= 0.6 is 11.3 Å². The number of nitrogens with zero attached hydrogens (tertiary/aromatic N) is 3. The van der Waals surface area contributed by atoms with Gasteiger partial charge in [0, 0.05) is 17.0 Å². The Labute approximate surface area is 184 Å². The molecule has 1 atom stereocenters.